The molecule has 5 aromatic rings. The first-order valence-electron chi connectivity index (χ1n) is 15.0. The van der Waals surface area contributed by atoms with Gasteiger partial charge >= 0.3 is 5.97 Å². The highest BCUT2D eigenvalue weighted by molar-refractivity contribution is 5.91. The fourth-order valence-electron chi connectivity index (χ4n) is 5.91. The quantitative estimate of drug-likeness (QED) is 0.159. The number of nitrogen functional groups attached to an aromatic ring is 1. The zero-order valence-corrected chi connectivity index (χ0v) is 25.0. The maximum absolute atomic E-state index is 12.3. The number of nitrogens with two attached hydrogens (primary N) is 1. The summed E-state index contributed by atoms with van der Waals surface area (Å²) in [6.07, 6.45) is 11.2. The van der Waals surface area contributed by atoms with Crippen molar-refractivity contribution in [1.29, 1.82) is 0 Å². The fourth-order valence-corrected chi connectivity index (χ4v) is 5.91. The molecule has 6 nitrogen and oxygen atoms in total. The predicted octanol–water partition coefficient (Wildman–Crippen LogP) is 7.68. The normalized spacial score (nSPS) is 12.9. The Bertz CT molecular complexity index is 1690. The number of anilines is 1. The smallest absolute Gasteiger partial charge is 0.339 e. The van der Waals surface area contributed by atoms with Gasteiger partial charge in [-0.1, -0.05) is 19.9 Å². The van der Waals surface area contributed by atoms with E-state index in [2.05, 4.69) is 84.5 Å². The van der Waals surface area contributed by atoms with Gasteiger partial charge < -0.3 is 19.6 Å². The average molecular weight is 551 g/mol. The lowest BCUT2D eigenvalue weighted by atomic mass is 9.98. The molecule has 3 aromatic heterocycles. The van der Waals surface area contributed by atoms with Crippen LogP contribution in [0, 0.1) is 0 Å². The monoisotopic (exact) mass is 550 g/mol. The molecule has 0 saturated heterocycles. The zero-order valence-electron chi connectivity index (χ0n) is 25.0. The van der Waals surface area contributed by atoms with E-state index in [4.69, 9.17) is 10.5 Å². The second-order valence-electron chi connectivity index (χ2n) is 10.9. The minimum absolute atomic E-state index is 0.297. The number of esters is 1. The molecule has 3 heterocycles. The van der Waals surface area contributed by atoms with E-state index in [0.717, 1.165) is 42.9 Å². The van der Waals surface area contributed by atoms with Gasteiger partial charge in [-0.05, 0) is 104 Å². The molecule has 1 aliphatic rings. The molecule has 2 aromatic carbocycles. The van der Waals surface area contributed by atoms with E-state index in [0.29, 0.717) is 17.9 Å². The molecular formula is C35H42N4O2. The van der Waals surface area contributed by atoms with Crippen LogP contribution in [0.3, 0.4) is 0 Å². The van der Waals surface area contributed by atoms with Gasteiger partial charge in [0.25, 0.3) is 0 Å². The minimum atomic E-state index is -0.297. The molecule has 1 saturated carbocycles. The first-order chi connectivity index (χ1) is 19.9. The minimum Gasteiger partial charge on any atom is -0.465 e. The maximum Gasteiger partial charge on any atom is 0.339 e. The molecule has 0 amide bonds. The molecule has 214 valence electrons. The number of rotatable bonds is 8. The molecule has 0 atom stereocenters. The van der Waals surface area contributed by atoms with Crippen molar-refractivity contribution in [3.05, 3.63) is 94.6 Å². The Hall–Kier alpha value is -4.06. The van der Waals surface area contributed by atoms with Crippen LogP contribution in [0.2, 0.25) is 0 Å². The lowest BCUT2D eigenvalue weighted by molar-refractivity contribution is 0.0599. The second kappa shape index (κ2) is 12.2. The summed E-state index contributed by atoms with van der Waals surface area (Å²) in [6.45, 7) is 10.7. The summed E-state index contributed by atoms with van der Waals surface area (Å²) in [4.78, 5) is 17.0. The Morgan fingerprint density at radius 2 is 1.51 bits per heavy atom. The SMILES string of the molecule is CCc1cc(Cc2ncc(C3CC3)cc2C(=O)OC)cc2ccn(CC)c12.CCc1cc(N)cc2ccn(CC)c12. The molecule has 0 unspecified atom stereocenters. The lowest BCUT2D eigenvalue weighted by Crippen LogP contribution is -2.09. The van der Waals surface area contributed by atoms with Crippen LogP contribution < -0.4 is 5.73 Å². The maximum atomic E-state index is 12.3. The number of ether oxygens (including phenoxy) is 1. The summed E-state index contributed by atoms with van der Waals surface area (Å²) in [5.74, 6) is 0.265. The zero-order chi connectivity index (χ0) is 29.1. The average Bonchev–Trinajstić information content (AvgIpc) is 3.63. The Labute approximate surface area is 243 Å². The summed E-state index contributed by atoms with van der Waals surface area (Å²) >= 11 is 0. The first-order valence-corrected chi connectivity index (χ1v) is 15.0. The largest absolute Gasteiger partial charge is 0.465 e. The van der Waals surface area contributed by atoms with Gasteiger partial charge in [0.2, 0.25) is 0 Å². The third kappa shape index (κ3) is 5.88. The second-order valence-corrected chi connectivity index (χ2v) is 10.9. The molecule has 6 heteroatoms. The fraction of sp³-hybridized carbons (Fsp3) is 0.371. The van der Waals surface area contributed by atoms with Gasteiger partial charge in [0.1, 0.15) is 0 Å². The van der Waals surface area contributed by atoms with Crippen LogP contribution >= 0.6 is 0 Å². The number of carbonyl (C=O) groups excluding carboxylic acids is 1. The van der Waals surface area contributed by atoms with E-state index < -0.39 is 0 Å². The van der Waals surface area contributed by atoms with Crippen LogP contribution in [0.5, 0.6) is 0 Å². The van der Waals surface area contributed by atoms with Crippen LogP contribution in [-0.4, -0.2) is 27.2 Å². The van der Waals surface area contributed by atoms with E-state index >= 15 is 0 Å². The number of methoxy groups -OCH3 is 1. The molecule has 1 fully saturated rings. The molecule has 0 bridgehead atoms. The molecule has 2 N–H and O–H groups in total. The molecule has 41 heavy (non-hydrogen) atoms. The molecular weight excluding hydrogens is 508 g/mol. The van der Waals surface area contributed by atoms with Crippen molar-refractivity contribution in [2.75, 3.05) is 12.8 Å². The molecule has 0 radical (unpaired) electrons. The van der Waals surface area contributed by atoms with Crippen LogP contribution in [0.25, 0.3) is 21.8 Å². The first kappa shape index (κ1) is 28.5. The van der Waals surface area contributed by atoms with Crippen molar-refractivity contribution < 1.29 is 9.53 Å². The van der Waals surface area contributed by atoms with Gasteiger partial charge in [-0.25, -0.2) is 4.79 Å². The highest BCUT2D eigenvalue weighted by Crippen LogP contribution is 2.40. The molecule has 0 spiro atoms. The summed E-state index contributed by atoms with van der Waals surface area (Å²) in [5, 5.41) is 2.50. The standard InChI is InChI=1S/C23H26N2O2.C12H16N2/c1-4-16-10-15(11-18-8-9-25(5-2)22(16)18)12-21-20(23(26)27-3)13-19(14-24-21)17-6-7-17;1-3-9-7-11(13)8-10-5-6-14(4-2)12(9)10/h8-11,13-14,17H,4-7,12H2,1-3H3;5-8H,3-4,13H2,1-2H3. The lowest BCUT2D eigenvalue weighted by Gasteiger charge is -2.12. The summed E-state index contributed by atoms with van der Waals surface area (Å²) in [7, 11) is 1.44. The number of benzene rings is 2. The topological polar surface area (TPSA) is 75.1 Å². The summed E-state index contributed by atoms with van der Waals surface area (Å²) < 4.78 is 9.58. The third-order valence-corrected chi connectivity index (χ3v) is 8.22. The van der Waals surface area contributed by atoms with Crippen molar-refractivity contribution in [3.63, 3.8) is 0 Å². The van der Waals surface area contributed by atoms with Crippen molar-refractivity contribution in [2.24, 2.45) is 0 Å². The number of carbonyl (C=O) groups is 1. The van der Waals surface area contributed by atoms with Gasteiger partial charge in [0, 0.05) is 54.6 Å². The van der Waals surface area contributed by atoms with Crippen molar-refractivity contribution in [2.45, 2.75) is 78.8 Å². The number of nitrogens with zero attached hydrogens (tertiary/aromatic N) is 3. The Kier molecular flexibility index (Phi) is 8.48. The third-order valence-electron chi connectivity index (χ3n) is 8.22. The predicted molar refractivity (Wildman–Crippen MR) is 169 cm³/mol. The summed E-state index contributed by atoms with van der Waals surface area (Å²) in [6, 6.07) is 14.9. The van der Waals surface area contributed by atoms with Crippen molar-refractivity contribution >= 4 is 33.5 Å². The van der Waals surface area contributed by atoms with E-state index in [1.807, 2.05) is 18.3 Å². The van der Waals surface area contributed by atoms with Crippen molar-refractivity contribution in [3.8, 4) is 0 Å². The molecule has 0 aliphatic heterocycles. The van der Waals surface area contributed by atoms with Gasteiger partial charge in [-0.3, -0.25) is 4.98 Å². The Morgan fingerprint density at radius 3 is 2.07 bits per heavy atom. The van der Waals surface area contributed by atoms with Crippen LogP contribution in [0.4, 0.5) is 5.69 Å². The number of pyridine rings is 1. The number of hydrogen-bond acceptors (Lipinski definition) is 4. The van der Waals surface area contributed by atoms with Gasteiger partial charge in [-0.15, -0.1) is 0 Å². The molecule has 6 rings (SSSR count). The van der Waals surface area contributed by atoms with E-state index in [1.165, 1.54) is 58.4 Å². The van der Waals surface area contributed by atoms with Crippen LogP contribution in [0.1, 0.15) is 84.8 Å². The van der Waals surface area contributed by atoms with E-state index in [1.54, 1.807) is 0 Å². The highest BCUT2D eigenvalue weighted by Gasteiger charge is 2.26. The van der Waals surface area contributed by atoms with Crippen LogP contribution in [-0.2, 0) is 37.1 Å². The van der Waals surface area contributed by atoms with Crippen LogP contribution in [0.15, 0.2) is 61.1 Å². The number of hydrogen-bond donors (Lipinski definition) is 1. The van der Waals surface area contributed by atoms with Crippen molar-refractivity contribution in [1.82, 2.24) is 14.1 Å². The number of fused-ring (bicyclic) bond motifs is 2. The number of aromatic nitrogens is 3. The van der Waals surface area contributed by atoms with E-state index in [9.17, 15) is 4.79 Å². The van der Waals surface area contributed by atoms with Gasteiger partial charge in [0.05, 0.1) is 29.4 Å². The molecule has 1 aliphatic carbocycles. The Balaban J connectivity index is 0.000000202. The summed E-state index contributed by atoms with van der Waals surface area (Å²) in [5.41, 5.74) is 15.8. The van der Waals surface area contributed by atoms with Gasteiger partial charge in [0.15, 0.2) is 0 Å². The Morgan fingerprint density at radius 1 is 0.902 bits per heavy atom. The highest BCUT2D eigenvalue weighted by atomic mass is 16.5. The van der Waals surface area contributed by atoms with Gasteiger partial charge in [-0.2, -0.15) is 0 Å². The van der Waals surface area contributed by atoms with E-state index in [-0.39, 0.29) is 5.97 Å². The number of aryl methyl sites for hydroxylation is 4.